The van der Waals surface area contributed by atoms with Crippen molar-refractivity contribution >= 4 is 15.7 Å². The minimum Gasteiger partial charge on any atom is -0.493 e. The summed E-state index contributed by atoms with van der Waals surface area (Å²) in [6, 6.07) is 8.51. The molecule has 0 saturated carbocycles. The molecule has 0 aromatic heterocycles. The molecule has 8 nitrogen and oxygen atoms in total. The molecule has 0 N–H and O–H groups in total. The molecule has 0 fully saturated rings. The van der Waals surface area contributed by atoms with Gasteiger partial charge in [-0.2, -0.15) is 4.31 Å². The Balaban J connectivity index is 2.07. The van der Waals surface area contributed by atoms with Crippen LogP contribution in [-0.2, 0) is 16.4 Å². The molecule has 1 heterocycles. The number of sulfonamides is 1. The lowest BCUT2D eigenvalue weighted by atomic mass is 9.94. The molecule has 144 valence electrons. The third-order valence-corrected chi connectivity index (χ3v) is 6.79. The Labute approximate surface area is 157 Å². The van der Waals surface area contributed by atoms with E-state index in [1.807, 2.05) is 6.07 Å². The second-order valence-corrected chi connectivity index (χ2v) is 8.03. The van der Waals surface area contributed by atoms with Gasteiger partial charge < -0.3 is 9.47 Å². The van der Waals surface area contributed by atoms with Gasteiger partial charge >= 0.3 is 0 Å². The van der Waals surface area contributed by atoms with Crippen molar-refractivity contribution in [3.05, 3.63) is 57.6 Å². The van der Waals surface area contributed by atoms with Crippen LogP contribution in [-0.4, -0.2) is 38.4 Å². The average molecular weight is 392 g/mol. The van der Waals surface area contributed by atoms with Crippen LogP contribution in [0.25, 0.3) is 0 Å². The zero-order valence-corrected chi connectivity index (χ0v) is 16.0. The zero-order chi connectivity index (χ0) is 19.8. The lowest BCUT2D eigenvalue weighted by Crippen LogP contribution is -2.39. The summed E-state index contributed by atoms with van der Waals surface area (Å²) in [6.07, 6.45) is 0.472. The molecule has 2 aromatic rings. The number of nitro benzene ring substituents is 1. The fourth-order valence-electron chi connectivity index (χ4n) is 3.40. The highest BCUT2D eigenvalue weighted by atomic mass is 32.2. The number of ether oxygens (including phenoxy) is 2. The van der Waals surface area contributed by atoms with Crippen molar-refractivity contribution in [2.24, 2.45) is 0 Å². The first-order valence-corrected chi connectivity index (χ1v) is 9.75. The minimum atomic E-state index is -4.05. The van der Waals surface area contributed by atoms with Gasteiger partial charge in [0.05, 0.1) is 19.1 Å². The summed E-state index contributed by atoms with van der Waals surface area (Å²) >= 11 is 0. The summed E-state index contributed by atoms with van der Waals surface area (Å²) in [7, 11) is -0.988. The van der Waals surface area contributed by atoms with Crippen LogP contribution in [0.15, 0.2) is 41.3 Å². The maximum absolute atomic E-state index is 13.2. The van der Waals surface area contributed by atoms with E-state index in [9.17, 15) is 18.5 Å². The van der Waals surface area contributed by atoms with Gasteiger partial charge in [0.1, 0.15) is 0 Å². The van der Waals surface area contributed by atoms with Crippen LogP contribution in [0.4, 0.5) is 5.69 Å². The molecule has 3 rings (SSSR count). The molecule has 0 radical (unpaired) electrons. The number of methoxy groups -OCH3 is 2. The number of nitrogens with zero attached hydrogens (tertiary/aromatic N) is 2. The normalized spacial score (nSPS) is 17.2. The highest BCUT2D eigenvalue weighted by Crippen LogP contribution is 2.40. The van der Waals surface area contributed by atoms with Crippen molar-refractivity contribution in [3.63, 3.8) is 0 Å². The fourth-order valence-corrected chi connectivity index (χ4v) is 5.17. The largest absolute Gasteiger partial charge is 0.493 e. The molecular formula is C18H20N2O6S. The molecule has 0 amide bonds. The van der Waals surface area contributed by atoms with Gasteiger partial charge in [-0.3, -0.25) is 10.1 Å². The van der Waals surface area contributed by atoms with Crippen LogP contribution < -0.4 is 9.47 Å². The summed E-state index contributed by atoms with van der Waals surface area (Å²) in [4.78, 5) is 10.3. The minimum absolute atomic E-state index is 0.220. The van der Waals surface area contributed by atoms with E-state index in [4.69, 9.17) is 9.47 Å². The van der Waals surface area contributed by atoms with Gasteiger partial charge in [0.2, 0.25) is 10.0 Å². The smallest absolute Gasteiger partial charge is 0.289 e. The number of fused-ring (bicyclic) bond motifs is 1. The summed E-state index contributed by atoms with van der Waals surface area (Å²) in [5.74, 6) is 1.09. The zero-order valence-electron chi connectivity index (χ0n) is 15.2. The van der Waals surface area contributed by atoms with Gasteiger partial charge in [-0.15, -0.1) is 0 Å². The average Bonchev–Trinajstić information content (AvgIpc) is 2.67. The van der Waals surface area contributed by atoms with E-state index in [-0.39, 0.29) is 11.4 Å². The van der Waals surface area contributed by atoms with Crippen molar-refractivity contribution in [2.45, 2.75) is 24.3 Å². The van der Waals surface area contributed by atoms with Gasteiger partial charge in [-0.25, -0.2) is 8.42 Å². The lowest BCUT2D eigenvalue weighted by molar-refractivity contribution is -0.387. The molecule has 1 unspecified atom stereocenters. The van der Waals surface area contributed by atoms with Crippen molar-refractivity contribution in [2.75, 3.05) is 20.8 Å². The van der Waals surface area contributed by atoms with Crippen LogP contribution >= 0.6 is 0 Å². The van der Waals surface area contributed by atoms with Gasteiger partial charge in [0.15, 0.2) is 16.4 Å². The van der Waals surface area contributed by atoms with Gasteiger partial charge in [-0.05, 0) is 42.7 Å². The summed E-state index contributed by atoms with van der Waals surface area (Å²) in [5.41, 5.74) is 1.33. The molecule has 1 aliphatic rings. The molecule has 1 atom stereocenters. The van der Waals surface area contributed by atoms with E-state index in [2.05, 4.69) is 0 Å². The van der Waals surface area contributed by atoms with Gasteiger partial charge in [0, 0.05) is 18.7 Å². The summed E-state index contributed by atoms with van der Waals surface area (Å²) in [5, 5.41) is 11.3. The Bertz CT molecular complexity index is 989. The van der Waals surface area contributed by atoms with Crippen molar-refractivity contribution in [1.82, 2.24) is 4.31 Å². The van der Waals surface area contributed by atoms with E-state index in [1.54, 1.807) is 20.1 Å². The third kappa shape index (κ3) is 3.24. The van der Waals surface area contributed by atoms with Crippen LogP contribution in [0.5, 0.6) is 11.5 Å². The number of nitro groups is 1. The van der Waals surface area contributed by atoms with Crippen LogP contribution in [0.2, 0.25) is 0 Å². The molecule has 0 saturated heterocycles. The maximum atomic E-state index is 13.2. The first kappa shape index (κ1) is 19.1. The Morgan fingerprint density at radius 3 is 2.41 bits per heavy atom. The highest BCUT2D eigenvalue weighted by Gasteiger charge is 2.38. The van der Waals surface area contributed by atoms with Crippen LogP contribution in [0, 0.1) is 10.1 Å². The fraction of sp³-hybridized carbons (Fsp3) is 0.333. The molecule has 9 heteroatoms. The van der Waals surface area contributed by atoms with Crippen molar-refractivity contribution in [1.29, 1.82) is 0 Å². The van der Waals surface area contributed by atoms with Gasteiger partial charge in [0.25, 0.3) is 5.69 Å². The predicted molar refractivity (Wildman–Crippen MR) is 98.7 cm³/mol. The number of hydrogen-bond acceptors (Lipinski definition) is 6. The molecule has 27 heavy (non-hydrogen) atoms. The standard InChI is InChI=1S/C18H20N2O6S/c1-12-14-11-17(26-3)16(25-2)10-13(14)8-9-19(12)27(23,24)18-7-5-4-6-15(18)20(21)22/h4-7,10-12H,8-9H2,1-3H3. The lowest BCUT2D eigenvalue weighted by Gasteiger charge is -2.34. The van der Waals surface area contributed by atoms with E-state index in [0.717, 1.165) is 11.1 Å². The Morgan fingerprint density at radius 1 is 1.15 bits per heavy atom. The number of rotatable bonds is 5. The van der Waals surface area contributed by atoms with Gasteiger partial charge in [-0.1, -0.05) is 12.1 Å². The number of para-hydroxylation sites is 1. The van der Waals surface area contributed by atoms with E-state index in [1.165, 1.54) is 35.7 Å². The Kier molecular flexibility index (Phi) is 5.07. The SMILES string of the molecule is COc1cc2c(cc1OC)C(C)N(S(=O)(=O)c1ccccc1[N+](=O)[O-])CC2. The molecule has 2 aromatic carbocycles. The van der Waals surface area contributed by atoms with E-state index >= 15 is 0 Å². The van der Waals surface area contributed by atoms with Crippen LogP contribution in [0.3, 0.4) is 0 Å². The summed E-state index contributed by atoms with van der Waals surface area (Å²) < 4.78 is 38.3. The van der Waals surface area contributed by atoms with Crippen molar-refractivity contribution < 1.29 is 22.8 Å². The number of benzene rings is 2. The predicted octanol–water partition coefficient (Wildman–Crippen LogP) is 2.92. The second kappa shape index (κ2) is 7.16. The van der Waals surface area contributed by atoms with E-state index < -0.39 is 26.7 Å². The first-order chi connectivity index (χ1) is 12.8. The summed E-state index contributed by atoms with van der Waals surface area (Å²) in [6.45, 7) is 1.98. The molecule has 0 bridgehead atoms. The first-order valence-electron chi connectivity index (χ1n) is 8.31. The second-order valence-electron chi connectivity index (χ2n) is 6.17. The molecule has 0 spiro atoms. The Morgan fingerprint density at radius 2 is 1.78 bits per heavy atom. The molecule has 0 aliphatic carbocycles. The third-order valence-electron chi connectivity index (χ3n) is 4.78. The van der Waals surface area contributed by atoms with Crippen LogP contribution in [0.1, 0.15) is 24.1 Å². The van der Waals surface area contributed by atoms with Crippen molar-refractivity contribution in [3.8, 4) is 11.5 Å². The van der Waals surface area contributed by atoms with E-state index in [0.29, 0.717) is 17.9 Å². The quantitative estimate of drug-likeness (QED) is 0.573. The molecular weight excluding hydrogens is 372 g/mol. The monoisotopic (exact) mass is 392 g/mol. The highest BCUT2D eigenvalue weighted by molar-refractivity contribution is 7.89. The molecule has 1 aliphatic heterocycles. The number of hydrogen-bond donors (Lipinski definition) is 0. The Hall–Kier alpha value is -2.65. The maximum Gasteiger partial charge on any atom is 0.289 e. The topological polar surface area (TPSA) is 99.0 Å².